The molecule has 6 N–H and O–H groups in total. The number of benzene rings is 4. The number of hydrogen-bond acceptors (Lipinski definition) is 11. The highest BCUT2D eigenvalue weighted by atomic mass is 35.5. The van der Waals surface area contributed by atoms with Gasteiger partial charge in [-0.15, -0.1) is 0 Å². The van der Waals surface area contributed by atoms with Crippen LogP contribution in [0.3, 0.4) is 0 Å². The lowest BCUT2D eigenvalue weighted by Gasteiger charge is -2.19. The fraction of sp³-hybridized carbons (Fsp3) is 0.289. The van der Waals surface area contributed by atoms with Gasteiger partial charge >= 0.3 is 11.9 Å². The van der Waals surface area contributed by atoms with Gasteiger partial charge in [0.25, 0.3) is 0 Å². The molecule has 2 atom stereocenters. The van der Waals surface area contributed by atoms with Crippen molar-refractivity contribution in [1.82, 2.24) is 15.6 Å². The van der Waals surface area contributed by atoms with Crippen LogP contribution < -0.4 is 24.8 Å². The van der Waals surface area contributed by atoms with Crippen molar-refractivity contribution in [3.8, 4) is 45.6 Å². The zero-order valence-corrected chi connectivity index (χ0v) is 33.8. The van der Waals surface area contributed by atoms with Crippen LogP contribution in [-0.2, 0) is 29.3 Å². The number of aromatic nitrogens is 1. The van der Waals surface area contributed by atoms with Crippen molar-refractivity contribution >= 4 is 23.5 Å². The SMILES string of the molecule is Cc1c(COc2cc(OCc3cncc(C#N)c3)c(CNC[C@@H](O)CC(=O)O)cc2Cl)cccc1-c1cccc(-c2ccc(OCCNC[C@@H](O)CC(=O)O)c(F)c2)c1C. The Bertz CT molecular complexity index is 2340. The normalized spacial score (nSPS) is 12.0. The summed E-state index contributed by atoms with van der Waals surface area (Å²) in [6.45, 7) is 4.95. The number of nitrogens with one attached hydrogen (secondary N) is 2. The van der Waals surface area contributed by atoms with Gasteiger partial charge in [0.2, 0.25) is 0 Å². The first-order valence-electron chi connectivity index (χ1n) is 19.1. The number of ether oxygens (including phenoxy) is 3. The number of nitriles is 1. The van der Waals surface area contributed by atoms with Crippen LogP contribution in [0.15, 0.2) is 85.2 Å². The first-order valence-corrected chi connectivity index (χ1v) is 19.4. The quantitative estimate of drug-likeness (QED) is 0.0408. The van der Waals surface area contributed by atoms with Crippen molar-refractivity contribution in [3.63, 3.8) is 0 Å². The average molecular weight is 841 g/mol. The van der Waals surface area contributed by atoms with E-state index in [1.165, 1.54) is 12.3 Å². The average Bonchev–Trinajstić information content (AvgIpc) is 3.20. The lowest BCUT2D eigenvalue weighted by molar-refractivity contribution is -0.140. The second kappa shape index (κ2) is 21.8. The molecule has 0 radical (unpaired) electrons. The van der Waals surface area contributed by atoms with Crippen LogP contribution in [-0.4, -0.2) is 75.8 Å². The highest BCUT2D eigenvalue weighted by molar-refractivity contribution is 6.32. The Morgan fingerprint density at radius 2 is 1.45 bits per heavy atom. The molecule has 4 aromatic carbocycles. The molecule has 1 aromatic heterocycles. The lowest BCUT2D eigenvalue weighted by atomic mass is 9.89. The van der Waals surface area contributed by atoms with Crippen molar-refractivity contribution < 1.29 is 48.6 Å². The van der Waals surface area contributed by atoms with Gasteiger partial charge in [-0.1, -0.05) is 54.1 Å². The Labute approximate surface area is 352 Å². The van der Waals surface area contributed by atoms with Gasteiger partial charge in [-0.25, -0.2) is 4.39 Å². The molecule has 5 rings (SSSR count). The Hall–Kier alpha value is -6.08. The minimum absolute atomic E-state index is 0.0262. The van der Waals surface area contributed by atoms with E-state index in [-0.39, 0.29) is 51.6 Å². The van der Waals surface area contributed by atoms with E-state index in [4.69, 9.17) is 36.0 Å². The maximum absolute atomic E-state index is 15.2. The highest BCUT2D eigenvalue weighted by Crippen LogP contribution is 2.37. The van der Waals surface area contributed by atoms with E-state index in [9.17, 15) is 25.1 Å². The largest absolute Gasteiger partial charge is 0.489 e. The third-order valence-corrected chi connectivity index (χ3v) is 9.86. The van der Waals surface area contributed by atoms with Gasteiger partial charge in [-0.3, -0.25) is 14.6 Å². The van der Waals surface area contributed by atoms with E-state index in [0.29, 0.717) is 45.3 Å². The van der Waals surface area contributed by atoms with Crippen LogP contribution in [0.4, 0.5) is 4.39 Å². The Morgan fingerprint density at radius 1 is 0.783 bits per heavy atom. The molecule has 1 heterocycles. The molecule has 0 aliphatic rings. The Kier molecular flexibility index (Phi) is 16.3. The summed E-state index contributed by atoms with van der Waals surface area (Å²) in [5.41, 5.74) is 7.92. The molecular formula is C45H46ClFN4O9. The summed E-state index contributed by atoms with van der Waals surface area (Å²) in [5.74, 6) is -1.88. The summed E-state index contributed by atoms with van der Waals surface area (Å²) in [5, 5.41) is 53.0. The Balaban J connectivity index is 1.30. The molecule has 5 aromatic rings. The molecule has 0 fully saturated rings. The van der Waals surface area contributed by atoms with Crippen molar-refractivity contribution in [2.24, 2.45) is 0 Å². The molecule has 0 aliphatic carbocycles. The third-order valence-electron chi connectivity index (χ3n) is 9.56. The number of hydrogen-bond donors (Lipinski definition) is 6. The molecule has 0 unspecified atom stereocenters. The second-order valence-corrected chi connectivity index (χ2v) is 14.5. The zero-order valence-electron chi connectivity index (χ0n) is 33.1. The maximum atomic E-state index is 15.2. The molecule has 0 saturated heterocycles. The summed E-state index contributed by atoms with van der Waals surface area (Å²) >= 11 is 6.74. The van der Waals surface area contributed by atoms with Crippen molar-refractivity contribution in [2.45, 2.75) is 58.7 Å². The first kappa shape index (κ1) is 45.0. The van der Waals surface area contributed by atoms with Crippen molar-refractivity contribution in [2.75, 3.05) is 26.2 Å². The fourth-order valence-corrected chi connectivity index (χ4v) is 6.72. The van der Waals surface area contributed by atoms with Gasteiger partial charge in [-0.2, -0.15) is 5.26 Å². The van der Waals surface area contributed by atoms with Crippen LogP contribution >= 0.6 is 11.6 Å². The monoisotopic (exact) mass is 840 g/mol. The second-order valence-electron chi connectivity index (χ2n) is 14.1. The first-order chi connectivity index (χ1) is 28.8. The molecule has 0 amide bonds. The number of carboxylic acid groups (broad SMARTS) is 2. The smallest absolute Gasteiger partial charge is 0.306 e. The van der Waals surface area contributed by atoms with E-state index < -0.39 is 36.4 Å². The molecule has 0 spiro atoms. The van der Waals surface area contributed by atoms with Crippen molar-refractivity contribution in [3.05, 3.63) is 129 Å². The molecule has 13 nitrogen and oxygen atoms in total. The number of aliphatic hydroxyl groups is 2. The fourth-order valence-electron chi connectivity index (χ4n) is 6.48. The van der Waals surface area contributed by atoms with Gasteiger partial charge in [0.1, 0.15) is 37.4 Å². The van der Waals surface area contributed by atoms with E-state index in [1.54, 1.807) is 36.5 Å². The molecule has 0 bridgehead atoms. The third kappa shape index (κ3) is 12.7. The summed E-state index contributed by atoms with van der Waals surface area (Å²) in [7, 11) is 0. The maximum Gasteiger partial charge on any atom is 0.306 e. The van der Waals surface area contributed by atoms with Gasteiger partial charge in [0.05, 0.1) is 35.6 Å². The van der Waals surface area contributed by atoms with Crippen molar-refractivity contribution in [1.29, 1.82) is 5.26 Å². The molecule has 15 heteroatoms. The molecular weight excluding hydrogens is 795 g/mol. The van der Waals surface area contributed by atoms with E-state index in [2.05, 4.69) is 21.7 Å². The van der Waals surface area contributed by atoms with Gasteiger partial charge in [0.15, 0.2) is 11.6 Å². The molecule has 60 heavy (non-hydrogen) atoms. The number of nitrogens with zero attached hydrogens (tertiary/aromatic N) is 2. The number of carboxylic acids is 2. The summed E-state index contributed by atoms with van der Waals surface area (Å²) in [4.78, 5) is 25.8. The summed E-state index contributed by atoms with van der Waals surface area (Å²) < 4.78 is 33.3. The zero-order chi connectivity index (χ0) is 43.2. The summed E-state index contributed by atoms with van der Waals surface area (Å²) in [6.07, 6.45) is 0.151. The minimum atomic E-state index is -1.11. The van der Waals surface area contributed by atoms with E-state index in [0.717, 1.165) is 33.4 Å². The number of aliphatic carboxylic acids is 2. The number of pyridine rings is 1. The minimum Gasteiger partial charge on any atom is -0.489 e. The van der Waals surface area contributed by atoms with Crippen LogP contribution in [0.1, 0.15) is 46.2 Å². The lowest BCUT2D eigenvalue weighted by Crippen LogP contribution is -2.31. The van der Waals surface area contributed by atoms with Gasteiger partial charge in [0, 0.05) is 55.8 Å². The Morgan fingerprint density at radius 3 is 2.15 bits per heavy atom. The standard InChI is InChI=1S/C45H46ClFN4O9/c1-27-32(26-60-43-18-42(59-25-30-13-29(19-48)20-50-21-30)33(14-39(43)46)22-51-24-35(53)17-45(56)57)5-3-7-37(27)38-8-4-6-36(28(38)2)31-9-10-41(40(47)15-31)58-12-11-49-23-34(52)16-44(54)55/h3-10,13-15,18,20-21,34-35,49,51-53H,11-12,16-17,22-26H2,1-2H3,(H,54,55)(H,56,57)/t34-,35-/m0/s1. The highest BCUT2D eigenvalue weighted by Gasteiger charge is 2.17. The van der Waals surface area contributed by atoms with Crippen LogP contribution in [0.5, 0.6) is 17.2 Å². The number of carbonyl (C=O) groups is 2. The van der Waals surface area contributed by atoms with E-state index >= 15 is 4.39 Å². The molecule has 0 saturated carbocycles. The number of aliphatic hydroxyl groups excluding tert-OH is 2. The predicted molar refractivity (Wildman–Crippen MR) is 222 cm³/mol. The molecule has 314 valence electrons. The number of halogens is 2. The van der Waals surface area contributed by atoms with Gasteiger partial charge < -0.3 is 45.3 Å². The van der Waals surface area contributed by atoms with Gasteiger partial charge in [-0.05, 0) is 77.1 Å². The van der Waals surface area contributed by atoms with Crippen LogP contribution in [0.2, 0.25) is 5.02 Å². The summed E-state index contributed by atoms with van der Waals surface area (Å²) in [6, 6.07) is 23.6. The van der Waals surface area contributed by atoms with Crippen LogP contribution in [0, 0.1) is 31.0 Å². The molecule has 0 aliphatic heterocycles. The van der Waals surface area contributed by atoms with Crippen LogP contribution in [0.25, 0.3) is 22.3 Å². The van der Waals surface area contributed by atoms with E-state index in [1.807, 2.05) is 50.2 Å². The topological polar surface area (TPSA) is 203 Å². The predicted octanol–water partition coefficient (Wildman–Crippen LogP) is 6.58. The number of rotatable bonds is 22.